The van der Waals surface area contributed by atoms with Crippen LogP contribution < -0.4 is 0 Å². The van der Waals surface area contributed by atoms with E-state index >= 15 is 0 Å². The molecule has 0 saturated carbocycles. The molecule has 1 aromatic heterocycles. The zero-order chi connectivity index (χ0) is 24.8. The first-order valence-corrected chi connectivity index (χ1v) is 11.9. The Labute approximate surface area is 204 Å². The topological polar surface area (TPSA) is 25.8 Å². The highest BCUT2D eigenvalue weighted by Gasteiger charge is 2.15. The monoisotopic (exact) mass is 472 g/mol. The Hall–Kier alpha value is -3.73. The second-order valence-corrected chi connectivity index (χ2v) is 8.46. The van der Waals surface area contributed by atoms with Gasteiger partial charge in [-0.25, -0.2) is 23.1 Å². The number of aromatic nitrogens is 2. The zero-order valence-electron chi connectivity index (χ0n) is 19.9. The lowest BCUT2D eigenvalue weighted by Crippen LogP contribution is -1.97. The molecular formula is C30H27F3N2. The molecule has 0 spiro atoms. The van der Waals surface area contributed by atoms with Gasteiger partial charge in [-0.1, -0.05) is 74.9 Å². The second-order valence-electron chi connectivity index (χ2n) is 8.46. The number of hydrogen-bond donors (Lipinski definition) is 0. The molecule has 4 aromatic rings. The average molecular weight is 473 g/mol. The summed E-state index contributed by atoms with van der Waals surface area (Å²) in [4.78, 5) is 8.28. The molecule has 178 valence electrons. The zero-order valence-corrected chi connectivity index (χ0v) is 19.9. The number of unbranched alkanes of at least 4 members (excludes halogenated alkanes) is 1. The van der Waals surface area contributed by atoms with Gasteiger partial charge in [-0.15, -0.1) is 0 Å². The Morgan fingerprint density at radius 1 is 0.771 bits per heavy atom. The number of halogens is 3. The molecule has 0 aliphatic rings. The maximum atomic E-state index is 14.7. The minimum atomic E-state index is -0.976. The van der Waals surface area contributed by atoms with E-state index in [1.54, 1.807) is 24.5 Å². The Bertz CT molecular complexity index is 1330. The third kappa shape index (κ3) is 5.68. The maximum Gasteiger partial charge on any atom is 0.170 e. The fourth-order valence-electron chi connectivity index (χ4n) is 3.81. The van der Waals surface area contributed by atoms with E-state index in [-0.39, 0.29) is 22.8 Å². The molecule has 5 heteroatoms. The fourth-order valence-corrected chi connectivity index (χ4v) is 3.81. The second kappa shape index (κ2) is 11.1. The number of benzene rings is 3. The van der Waals surface area contributed by atoms with E-state index in [0.29, 0.717) is 0 Å². The van der Waals surface area contributed by atoms with Crippen LogP contribution in [0, 0.1) is 17.5 Å². The lowest BCUT2D eigenvalue weighted by molar-refractivity contribution is 0.509. The van der Waals surface area contributed by atoms with E-state index in [9.17, 15) is 13.2 Å². The third-order valence-corrected chi connectivity index (χ3v) is 6.02. The van der Waals surface area contributed by atoms with Crippen molar-refractivity contribution in [3.8, 4) is 22.5 Å². The smallest absolute Gasteiger partial charge is 0.170 e. The first-order valence-electron chi connectivity index (χ1n) is 11.9. The van der Waals surface area contributed by atoms with Crippen LogP contribution in [0.2, 0.25) is 0 Å². The SMILES string of the molecule is CCCCc1ccc(-c2ccc(/C=C/c3ccc(-c4ncc(CC)cn4)c(F)c3F)cc2)cc1F. The Morgan fingerprint density at radius 3 is 2.14 bits per heavy atom. The van der Waals surface area contributed by atoms with Crippen molar-refractivity contribution >= 4 is 12.2 Å². The summed E-state index contributed by atoms with van der Waals surface area (Å²) in [6.45, 7) is 4.06. The van der Waals surface area contributed by atoms with Gasteiger partial charge in [-0.2, -0.15) is 0 Å². The molecule has 2 nitrogen and oxygen atoms in total. The Balaban J connectivity index is 1.50. The van der Waals surface area contributed by atoms with E-state index in [4.69, 9.17) is 0 Å². The van der Waals surface area contributed by atoms with Gasteiger partial charge in [-0.3, -0.25) is 0 Å². The standard InChI is InChI=1S/C30H27F3N2/c1-3-5-6-23-13-14-25(17-27(23)31)22-10-7-21(8-11-22)9-12-24-15-16-26(29(33)28(24)32)30-34-18-20(4-2)19-35-30/h7-19H,3-6H2,1-2H3/b12-9+. The van der Waals surface area contributed by atoms with Crippen molar-refractivity contribution in [2.45, 2.75) is 39.5 Å². The van der Waals surface area contributed by atoms with Crippen LogP contribution in [-0.4, -0.2) is 9.97 Å². The minimum absolute atomic E-state index is 0.0274. The van der Waals surface area contributed by atoms with Crippen molar-refractivity contribution in [2.75, 3.05) is 0 Å². The average Bonchev–Trinajstić information content (AvgIpc) is 2.89. The highest BCUT2D eigenvalue weighted by atomic mass is 19.2. The summed E-state index contributed by atoms with van der Waals surface area (Å²) in [6, 6.07) is 15.8. The van der Waals surface area contributed by atoms with Crippen LogP contribution >= 0.6 is 0 Å². The van der Waals surface area contributed by atoms with Gasteiger partial charge in [0, 0.05) is 18.0 Å². The molecule has 0 saturated heterocycles. The van der Waals surface area contributed by atoms with Gasteiger partial charge in [-0.05, 0) is 59.2 Å². The molecule has 35 heavy (non-hydrogen) atoms. The van der Waals surface area contributed by atoms with Crippen LogP contribution in [0.15, 0.2) is 67.0 Å². The van der Waals surface area contributed by atoms with Crippen LogP contribution in [0.3, 0.4) is 0 Å². The molecule has 0 aliphatic heterocycles. The molecule has 0 radical (unpaired) electrons. The third-order valence-electron chi connectivity index (χ3n) is 6.02. The molecule has 0 unspecified atom stereocenters. The molecule has 0 amide bonds. The van der Waals surface area contributed by atoms with Crippen molar-refractivity contribution < 1.29 is 13.2 Å². The predicted octanol–water partition coefficient (Wildman–Crippen LogP) is 8.30. The fraction of sp³-hybridized carbons (Fsp3) is 0.200. The van der Waals surface area contributed by atoms with Crippen LogP contribution in [0.1, 0.15) is 48.9 Å². The Kier molecular flexibility index (Phi) is 7.76. The summed E-state index contributed by atoms with van der Waals surface area (Å²) >= 11 is 0. The Morgan fingerprint density at radius 2 is 1.49 bits per heavy atom. The summed E-state index contributed by atoms with van der Waals surface area (Å²) in [5, 5.41) is 0. The van der Waals surface area contributed by atoms with E-state index in [1.165, 1.54) is 18.2 Å². The highest BCUT2D eigenvalue weighted by Crippen LogP contribution is 2.26. The number of rotatable bonds is 8. The van der Waals surface area contributed by atoms with Crippen molar-refractivity contribution in [3.63, 3.8) is 0 Å². The summed E-state index contributed by atoms with van der Waals surface area (Å²) < 4.78 is 43.8. The molecule has 1 heterocycles. The number of aryl methyl sites for hydroxylation is 2. The first-order chi connectivity index (χ1) is 17.0. The molecule has 0 atom stereocenters. The van der Waals surface area contributed by atoms with Crippen molar-refractivity contribution in [1.82, 2.24) is 9.97 Å². The predicted molar refractivity (Wildman–Crippen MR) is 136 cm³/mol. The van der Waals surface area contributed by atoms with Crippen molar-refractivity contribution in [1.29, 1.82) is 0 Å². The molecule has 0 bridgehead atoms. The van der Waals surface area contributed by atoms with E-state index < -0.39 is 11.6 Å². The highest BCUT2D eigenvalue weighted by molar-refractivity contribution is 5.73. The van der Waals surface area contributed by atoms with Crippen LogP contribution in [-0.2, 0) is 12.8 Å². The van der Waals surface area contributed by atoms with Gasteiger partial charge in [0.25, 0.3) is 0 Å². The van der Waals surface area contributed by atoms with Gasteiger partial charge in [0.05, 0.1) is 5.56 Å². The van der Waals surface area contributed by atoms with E-state index in [1.807, 2.05) is 43.3 Å². The van der Waals surface area contributed by atoms with Crippen molar-refractivity contribution in [2.24, 2.45) is 0 Å². The number of nitrogens with zero attached hydrogens (tertiary/aromatic N) is 2. The summed E-state index contributed by atoms with van der Waals surface area (Å²) in [5.74, 6) is -1.96. The molecule has 0 N–H and O–H groups in total. The minimum Gasteiger partial charge on any atom is -0.236 e. The summed E-state index contributed by atoms with van der Waals surface area (Å²) in [5.41, 5.74) is 4.32. The molecule has 3 aromatic carbocycles. The van der Waals surface area contributed by atoms with Gasteiger partial charge in [0.15, 0.2) is 17.5 Å². The lowest BCUT2D eigenvalue weighted by atomic mass is 10.00. The normalized spacial score (nSPS) is 11.3. The van der Waals surface area contributed by atoms with E-state index in [2.05, 4.69) is 16.9 Å². The van der Waals surface area contributed by atoms with E-state index in [0.717, 1.165) is 53.5 Å². The number of hydrogen-bond acceptors (Lipinski definition) is 2. The van der Waals surface area contributed by atoms with Gasteiger partial charge >= 0.3 is 0 Å². The maximum absolute atomic E-state index is 14.7. The van der Waals surface area contributed by atoms with Gasteiger partial charge in [0.2, 0.25) is 0 Å². The van der Waals surface area contributed by atoms with Crippen LogP contribution in [0.25, 0.3) is 34.7 Å². The molecular weight excluding hydrogens is 445 g/mol. The van der Waals surface area contributed by atoms with Gasteiger partial charge < -0.3 is 0 Å². The molecule has 0 fully saturated rings. The first kappa shape index (κ1) is 24.4. The largest absolute Gasteiger partial charge is 0.236 e. The van der Waals surface area contributed by atoms with Crippen LogP contribution in [0.5, 0.6) is 0 Å². The van der Waals surface area contributed by atoms with Crippen molar-refractivity contribution in [3.05, 3.63) is 107 Å². The van der Waals surface area contributed by atoms with Crippen LogP contribution in [0.4, 0.5) is 13.2 Å². The van der Waals surface area contributed by atoms with Gasteiger partial charge in [0.1, 0.15) is 5.82 Å². The summed E-state index contributed by atoms with van der Waals surface area (Å²) in [7, 11) is 0. The molecule has 4 rings (SSSR count). The summed E-state index contributed by atoms with van der Waals surface area (Å²) in [6.07, 6.45) is 9.97. The lowest BCUT2D eigenvalue weighted by Gasteiger charge is -2.07. The molecule has 0 aliphatic carbocycles. The quantitative estimate of drug-likeness (QED) is 0.241.